The summed E-state index contributed by atoms with van der Waals surface area (Å²) >= 11 is 0. The fourth-order valence-corrected chi connectivity index (χ4v) is 11.2. The highest BCUT2D eigenvalue weighted by molar-refractivity contribution is 6.05. The van der Waals surface area contributed by atoms with Gasteiger partial charge in [0.05, 0.1) is 5.41 Å². The highest BCUT2D eigenvalue weighted by Gasteiger charge is 2.51. The van der Waals surface area contributed by atoms with Crippen LogP contribution in [-0.2, 0) is 5.41 Å². The second-order valence-corrected chi connectivity index (χ2v) is 17.6. The van der Waals surface area contributed by atoms with Crippen molar-refractivity contribution in [2.75, 3.05) is 9.80 Å². The molecule has 2 aliphatic rings. The van der Waals surface area contributed by atoms with Crippen molar-refractivity contribution >= 4 is 44.9 Å². The van der Waals surface area contributed by atoms with Crippen LogP contribution in [0.1, 0.15) is 22.3 Å². The zero-order valence-corrected chi connectivity index (χ0v) is 36.8. The summed E-state index contributed by atoms with van der Waals surface area (Å²) in [5.41, 5.74) is 21.7. The van der Waals surface area contributed by atoms with Crippen LogP contribution >= 0.6 is 0 Å². The van der Waals surface area contributed by atoms with E-state index in [2.05, 4.69) is 277 Å². The Morgan fingerprint density at radius 1 is 0.209 bits per heavy atom. The Balaban J connectivity index is 0.884. The molecule has 2 nitrogen and oxygen atoms in total. The topological polar surface area (TPSA) is 6.48 Å². The minimum atomic E-state index is -0.415. The molecular formula is C65H44N2. The Hall–Kier alpha value is -8.72. The van der Waals surface area contributed by atoms with Crippen molar-refractivity contribution in [3.63, 3.8) is 0 Å². The van der Waals surface area contributed by atoms with Gasteiger partial charge in [-0.25, -0.2) is 0 Å². The smallest absolute Gasteiger partial charge is 0.0726 e. The monoisotopic (exact) mass is 852 g/mol. The fourth-order valence-electron chi connectivity index (χ4n) is 11.2. The largest absolute Gasteiger partial charge is 0.311 e. The summed E-state index contributed by atoms with van der Waals surface area (Å²) in [7, 11) is 0. The van der Waals surface area contributed by atoms with E-state index < -0.39 is 5.41 Å². The van der Waals surface area contributed by atoms with Gasteiger partial charge >= 0.3 is 0 Å². The molecule has 1 spiro atoms. The Kier molecular flexibility index (Phi) is 9.11. The van der Waals surface area contributed by atoms with Gasteiger partial charge in [-0.3, -0.25) is 0 Å². The first-order chi connectivity index (χ1) is 33.3. The molecule has 11 aromatic carbocycles. The molecule has 0 aromatic heterocycles. The summed E-state index contributed by atoms with van der Waals surface area (Å²) in [5, 5.41) is 2.46. The normalized spacial score (nSPS) is 12.6. The number of hydrogen-bond donors (Lipinski definition) is 0. The van der Waals surface area contributed by atoms with Crippen LogP contribution in [0.4, 0.5) is 34.1 Å². The van der Waals surface area contributed by atoms with E-state index in [9.17, 15) is 0 Å². The van der Waals surface area contributed by atoms with Gasteiger partial charge in [0, 0.05) is 34.1 Å². The van der Waals surface area contributed by atoms with Crippen molar-refractivity contribution in [2.24, 2.45) is 0 Å². The van der Waals surface area contributed by atoms with Crippen LogP contribution in [0.2, 0.25) is 0 Å². The van der Waals surface area contributed by atoms with E-state index in [0.717, 1.165) is 34.1 Å². The predicted octanol–water partition coefficient (Wildman–Crippen LogP) is 17.5. The molecule has 0 aliphatic heterocycles. The zero-order valence-electron chi connectivity index (χ0n) is 36.8. The van der Waals surface area contributed by atoms with E-state index in [0.29, 0.717) is 0 Å². The Morgan fingerprint density at radius 2 is 0.507 bits per heavy atom. The van der Waals surface area contributed by atoms with Crippen LogP contribution in [-0.4, -0.2) is 0 Å². The maximum atomic E-state index is 2.47. The van der Waals surface area contributed by atoms with Crippen LogP contribution in [0, 0.1) is 0 Å². The molecule has 0 radical (unpaired) electrons. The van der Waals surface area contributed by atoms with Crippen molar-refractivity contribution in [1.29, 1.82) is 0 Å². The first-order valence-electron chi connectivity index (χ1n) is 23.2. The number of rotatable bonds is 8. The summed E-state index contributed by atoms with van der Waals surface area (Å²) in [5.74, 6) is 0. The van der Waals surface area contributed by atoms with Gasteiger partial charge in [0.25, 0.3) is 0 Å². The molecule has 0 bridgehead atoms. The maximum Gasteiger partial charge on any atom is 0.0726 e. The lowest BCUT2D eigenvalue weighted by Gasteiger charge is -2.32. The van der Waals surface area contributed by atoms with Crippen molar-refractivity contribution in [3.05, 3.63) is 289 Å². The van der Waals surface area contributed by atoms with Crippen LogP contribution in [0.25, 0.3) is 55.3 Å². The third-order valence-electron chi connectivity index (χ3n) is 14.1. The summed E-state index contributed by atoms with van der Waals surface area (Å²) in [6.07, 6.45) is 0. The second-order valence-electron chi connectivity index (χ2n) is 17.6. The van der Waals surface area contributed by atoms with Crippen molar-refractivity contribution in [2.45, 2.75) is 5.41 Å². The molecule has 0 saturated carbocycles. The van der Waals surface area contributed by atoms with E-state index in [1.165, 1.54) is 77.5 Å². The summed E-state index contributed by atoms with van der Waals surface area (Å²) in [4.78, 5) is 4.72. The molecule has 2 aliphatic carbocycles. The fraction of sp³-hybridized carbons (Fsp3) is 0.0154. The van der Waals surface area contributed by atoms with Crippen molar-refractivity contribution < 1.29 is 0 Å². The molecule has 0 N–H and O–H groups in total. The highest BCUT2D eigenvalue weighted by Crippen LogP contribution is 2.63. The molecule has 0 fully saturated rings. The van der Waals surface area contributed by atoms with Crippen molar-refractivity contribution in [1.82, 2.24) is 0 Å². The first kappa shape index (κ1) is 38.7. The molecule has 13 rings (SSSR count). The molecule has 0 unspecified atom stereocenters. The van der Waals surface area contributed by atoms with E-state index in [-0.39, 0.29) is 0 Å². The number of benzene rings is 11. The van der Waals surface area contributed by atoms with Crippen LogP contribution in [0.15, 0.2) is 267 Å². The van der Waals surface area contributed by atoms with Gasteiger partial charge in [0.15, 0.2) is 0 Å². The molecule has 0 atom stereocenters. The molecule has 67 heavy (non-hydrogen) atoms. The number of anilines is 6. The minimum Gasteiger partial charge on any atom is -0.311 e. The second kappa shape index (κ2) is 15.8. The number of para-hydroxylation sites is 3. The zero-order chi connectivity index (χ0) is 44.3. The van der Waals surface area contributed by atoms with E-state index in [1.807, 2.05) is 0 Å². The molecule has 0 amide bonds. The van der Waals surface area contributed by atoms with Gasteiger partial charge in [0.1, 0.15) is 0 Å². The lowest BCUT2D eigenvalue weighted by atomic mass is 9.70. The van der Waals surface area contributed by atoms with Gasteiger partial charge in [-0.1, -0.05) is 194 Å². The maximum absolute atomic E-state index is 2.47. The van der Waals surface area contributed by atoms with Crippen LogP contribution < -0.4 is 9.80 Å². The van der Waals surface area contributed by atoms with Crippen molar-refractivity contribution in [3.8, 4) is 44.5 Å². The molecule has 11 aromatic rings. The molecule has 0 heterocycles. The third-order valence-corrected chi connectivity index (χ3v) is 14.1. The molecule has 0 saturated heterocycles. The lowest BCUT2D eigenvalue weighted by Crippen LogP contribution is -2.26. The average Bonchev–Trinajstić information content (AvgIpc) is 3.87. The van der Waals surface area contributed by atoms with Gasteiger partial charge < -0.3 is 9.80 Å². The highest BCUT2D eigenvalue weighted by atomic mass is 15.1. The number of fused-ring (bicyclic) bond motifs is 11. The first-order valence-corrected chi connectivity index (χ1v) is 23.2. The molecule has 2 heteroatoms. The van der Waals surface area contributed by atoms with Gasteiger partial charge in [-0.15, -0.1) is 0 Å². The summed E-state index contributed by atoms with van der Waals surface area (Å²) in [6, 6.07) is 97.7. The van der Waals surface area contributed by atoms with Gasteiger partial charge in [-0.05, 0) is 150 Å². The SMILES string of the molecule is c1ccc(N(c2ccccc2)c2ccc(-c3ccc(-c4ccc(N(c5ccccc5)c5ccc6c(c5)C5(c7ccccc7-c7ccccc75)c5ccccc5-6)cc4)c4ccccc34)cc2)cc1. The Morgan fingerprint density at radius 3 is 0.925 bits per heavy atom. The van der Waals surface area contributed by atoms with E-state index in [4.69, 9.17) is 0 Å². The van der Waals surface area contributed by atoms with Gasteiger partial charge in [-0.2, -0.15) is 0 Å². The molecule has 314 valence electrons. The average molecular weight is 853 g/mol. The van der Waals surface area contributed by atoms with E-state index >= 15 is 0 Å². The van der Waals surface area contributed by atoms with Gasteiger partial charge in [0.2, 0.25) is 0 Å². The Labute approximate surface area is 391 Å². The lowest BCUT2D eigenvalue weighted by molar-refractivity contribution is 0.793. The van der Waals surface area contributed by atoms with Crippen LogP contribution in [0.3, 0.4) is 0 Å². The minimum absolute atomic E-state index is 0.415. The number of hydrogen-bond acceptors (Lipinski definition) is 2. The predicted molar refractivity (Wildman–Crippen MR) is 280 cm³/mol. The number of nitrogens with zero attached hydrogens (tertiary/aromatic N) is 2. The summed E-state index contributed by atoms with van der Waals surface area (Å²) < 4.78 is 0. The molecular weight excluding hydrogens is 809 g/mol. The standard InChI is InChI=1S/C65H44N2/c1-4-18-47(19-5-1)66(48-20-6-2-7-21-48)50-36-32-45(33-37-50)53-42-43-54(56-25-11-10-24-55(53)56)46-34-38-51(39-35-46)67(49-22-8-3-9-23-49)52-40-41-60-59-28-14-17-31-63(59)65(64(60)44-52)61-29-15-12-26-57(61)58-27-13-16-30-62(58)65/h1-44H. The third kappa shape index (κ3) is 6.11. The summed E-state index contributed by atoms with van der Waals surface area (Å²) in [6.45, 7) is 0. The Bertz CT molecular complexity index is 3510. The quantitative estimate of drug-likeness (QED) is 0.150. The van der Waals surface area contributed by atoms with Crippen LogP contribution in [0.5, 0.6) is 0 Å². The van der Waals surface area contributed by atoms with E-state index in [1.54, 1.807) is 0 Å².